The number of methoxy groups -OCH3 is 3. The van der Waals surface area contributed by atoms with Crippen LogP contribution in [0.2, 0.25) is 0 Å². The van der Waals surface area contributed by atoms with E-state index < -0.39 is 11.9 Å². The van der Waals surface area contributed by atoms with Crippen molar-refractivity contribution in [1.82, 2.24) is 0 Å². The zero-order chi connectivity index (χ0) is 17.4. The third-order valence-corrected chi connectivity index (χ3v) is 3.28. The van der Waals surface area contributed by atoms with Crippen molar-refractivity contribution in [3.05, 3.63) is 17.7 Å². The first-order chi connectivity index (χ1) is 11.0. The van der Waals surface area contributed by atoms with Gasteiger partial charge >= 0.3 is 5.97 Å². The Hall–Kier alpha value is -2.22. The lowest BCUT2D eigenvalue weighted by Crippen LogP contribution is -2.15. The van der Waals surface area contributed by atoms with Crippen LogP contribution in [-0.4, -0.2) is 49.8 Å². The van der Waals surface area contributed by atoms with Crippen LogP contribution in [0.5, 0.6) is 17.2 Å². The predicted molar refractivity (Wildman–Crippen MR) is 88.6 cm³/mol. The summed E-state index contributed by atoms with van der Waals surface area (Å²) in [5, 5.41) is 9.10. The number of hydrogen-bond acceptors (Lipinski definition) is 6. The van der Waals surface area contributed by atoms with Gasteiger partial charge in [-0.15, -0.1) is 0 Å². The maximum Gasteiger partial charge on any atom is 0.350 e. The number of amides is 1. The van der Waals surface area contributed by atoms with Gasteiger partial charge in [0.2, 0.25) is 5.75 Å². The first kappa shape index (κ1) is 18.8. The molecule has 0 aliphatic heterocycles. The van der Waals surface area contributed by atoms with E-state index in [4.69, 9.17) is 19.3 Å². The molecule has 126 valence electrons. The number of aliphatic imine (C=N–C) groups is 1. The van der Waals surface area contributed by atoms with Crippen LogP contribution in [0.3, 0.4) is 0 Å². The van der Waals surface area contributed by atoms with E-state index in [9.17, 15) is 9.59 Å². The van der Waals surface area contributed by atoms with Crippen molar-refractivity contribution in [2.45, 2.75) is 12.8 Å². The number of benzene rings is 1. The Balaban J connectivity index is 3.23. The van der Waals surface area contributed by atoms with E-state index in [-0.39, 0.29) is 29.2 Å². The van der Waals surface area contributed by atoms with Crippen LogP contribution >= 0.6 is 12.6 Å². The Kier molecular flexibility index (Phi) is 7.40. The minimum atomic E-state index is -1.23. The largest absolute Gasteiger partial charge is 0.493 e. The van der Waals surface area contributed by atoms with Crippen LogP contribution in [0.25, 0.3) is 0 Å². The molecular weight excluding hydrogens is 322 g/mol. The van der Waals surface area contributed by atoms with Gasteiger partial charge in [-0.05, 0) is 30.7 Å². The molecule has 0 spiro atoms. The molecule has 0 aliphatic rings. The molecule has 1 aromatic rings. The average molecular weight is 341 g/mol. The van der Waals surface area contributed by atoms with Crippen molar-refractivity contribution in [1.29, 1.82) is 0 Å². The molecule has 1 N–H and O–H groups in total. The number of rotatable bonds is 8. The zero-order valence-electron chi connectivity index (χ0n) is 13.2. The Morgan fingerprint density at radius 2 is 1.70 bits per heavy atom. The summed E-state index contributed by atoms with van der Waals surface area (Å²) in [6.45, 7) is 0. The van der Waals surface area contributed by atoms with Gasteiger partial charge in [-0.25, -0.2) is 9.79 Å². The second-order valence-corrected chi connectivity index (χ2v) is 4.86. The van der Waals surface area contributed by atoms with Gasteiger partial charge in [-0.2, -0.15) is 12.6 Å². The standard InChI is InChI=1S/C15H19NO6S/c1-20-11-7-9(8-12(21-2)13(11)22-3)14(17)16-10(15(18)19)5-4-6-23/h7-8,23H,4-6H2,1-3H3,(H,18,19). The van der Waals surface area contributed by atoms with Crippen molar-refractivity contribution in [2.24, 2.45) is 4.99 Å². The molecule has 0 fully saturated rings. The molecule has 0 bridgehead atoms. The van der Waals surface area contributed by atoms with Crippen LogP contribution < -0.4 is 14.2 Å². The quantitative estimate of drug-likeness (QED) is 0.555. The van der Waals surface area contributed by atoms with Crippen molar-refractivity contribution < 1.29 is 28.9 Å². The van der Waals surface area contributed by atoms with Crippen molar-refractivity contribution in [2.75, 3.05) is 27.1 Å². The lowest BCUT2D eigenvalue weighted by Gasteiger charge is -2.13. The van der Waals surface area contributed by atoms with Gasteiger partial charge in [-0.3, -0.25) is 4.79 Å². The van der Waals surface area contributed by atoms with E-state index >= 15 is 0 Å². The highest BCUT2D eigenvalue weighted by Crippen LogP contribution is 2.38. The number of carbonyl (C=O) groups excluding carboxylic acids is 1. The fraction of sp³-hybridized carbons (Fsp3) is 0.400. The Labute approximate surface area is 139 Å². The number of nitrogens with zero attached hydrogens (tertiary/aromatic N) is 1. The second-order valence-electron chi connectivity index (χ2n) is 4.41. The van der Waals surface area contributed by atoms with E-state index in [0.717, 1.165) is 0 Å². The molecule has 1 aromatic carbocycles. The molecule has 0 unspecified atom stereocenters. The number of aliphatic carboxylic acids is 1. The van der Waals surface area contributed by atoms with Gasteiger partial charge in [0.05, 0.1) is 21.3 Å². The lowest BCUT2D eigenvalue weighted by atomic mass is 10.1. The molecule has 1 rings (SSSR count). The van der Waals surface area contributed by atoms with Gasteiger partial charge in [0, 0.05) is 5.56 Å². The van der Waals surface area contributed by atoms with Crippen molar-refractivity contribution in [3.8, 4) is 17.2 Å². The number of ether oxygens (including phenoxy) is 3. The molecule has 8 heteroatoms. The molecule has 0 aliphatic carbocycles. The van der Waals surface area contributed by atoms with E-state index in [2.05, 4.69) is 17.6 Å². The summed E-state index contributed by atoms with van der Waals surface area (Å²) in [4.78, 5) is 27.1. The van der Waals surface area contributed by atoms with Gasteiger partial charge in [-0.1, -0.05) is 0 Å². The fourth-order valence-electron chi connectivity index (χ4n) is 1.85. The van der Waals surface area contributed by atoms with Gasteiger partial charge in [0.25, 0.3) is 5.91 Å². The fourth-order valence-corrected chi connectivity index (χ4v) is 2.01. The maximum absolute atomic E-state index is 12.2. The minimum absolute atomic E-state index is 0.143. The second kappa shape index (κ2) is 9.04. The molecule has 7 nitrogen and oxygen atoms in total. The number of carboxylic acid groups (broad SMARTS) is 1. The normalized spacial score (nSPS) is 11.0. The number of carbonyl (C=O) groups is 2. The van der Waals surface area contributed by atoms with Crippen molar-refractivity contribution in [3.63, 3.8) is 0 Å². The first-order valence-corrected chi connectivity index (χ1v) is 7.37. The molecule has 23 heavy (non-hydrogen) atoms. The third kappa shape index (κ3) is 4.88. The van der Waals surface area contributed by atoms with E-state index in [1.165, 1.54) is 33.5 Å². The predicted octanol–water partition coefficient (Wildman–Crippen LogP) is 2.09. The number of hydrogen-bond donors (Lipinski definition) is 2. The van der Waals surface area contributed by atoms with Crippen LogP contribution in [-0.2, 0) is 4.79 Å². The van der Waals surface area contributed by atoms with Crippen LogP contribution in [0.1, 0.15) is 23.2 Å². The highest BCUT2D eigenvalue weighted by Gasteiger charge is 2.18. The molecule has 0 heterocycles. The van der Waals surface area contributed by atoms with Crippen LogP contribution in [0, 0.1) is 0 Å². The van der Waals surface area contributed by atoms with Crippen molar-refractivity contribution >= 4 is 30.2 Å². The summed E-state index contributed by atoms with van der Waals surface area (Å²) in [6.07, 6.45) is 0.672. The smallest absolute Gasteiger partial charge is 0.350 e. The summed E-state index contributed by atoms with van der Waals surface area (Å²) >= 11 is 4.02. The molecule has 0 radical (unpaired) electrons. The van der Waals surface area contributed by atoms with E-state index in [1.807, 2.05) is 0 Å². The Morgan fingerprint density at radius 3 is 2.09 bits per heavy atom. The topological polar surface area (TPSA) is 94.4 Å². The van der Waals surface area contributed by atoms with E-state index in [0.29, 0.717) is 17.9 Å². The van der Waals surface area contributed by atoms with Gasteiger partial charge < -0.3 is 19.3 Å². The van der Waals surface area contributed by atoms with Crippen LogP contribution in [0.4, 0.5) is 0 Å². The summed E-state index contributed by atoms with van der Waals surface area (Å²) < 4.78 is 15.5. The summed E-state index contributed by atoms with van der Waals surface area (Å²) in [7, 11) is 4.29. The summed E-state index contributed by atoms with van der Waals surface area (Å²) in [5.74, 6) is -0.502. The monoisotopic (exact) mass is 341 g/mol. The Morgan fingerprint density at radius 1 is 1.13 bits per heavy atom. The highest BCUT2D eigenvalue weighted by atomic mass is 32.1. The third-order valence-electron chi connectivity index (χ3n) is 2.97. The highest BCUT2D eigenvalue weighted by molar-refractivity contribution is 7.80. The molecular formula is C15H19NO6S. The molecule has 0 atom stereocenters. The Bertz CT molecular complexity index is 589. The zero-order valence-corrected chi connectivity index (χ0v) is 14.1. The molecule has 0 saturated carbocycles. The van der Waals surface area contributed by atoms with Gasteiger partial charge in [0.15, 0.2) is 11.5 Å². The van der Waals surface area contributed by atoms with Crippen LogP contribution in [0.15, 0.2) is 17.1 Å². The lowest BCUT2D eigenvalue weighted by molar-refractivity contribution is -0.129. The molecule has 1 amide bonds. The minimum Gasteiger partial charge on any atom is -0.493 e. The SMILES string of the molecule is COc1cc(C(=O)N=C(CCCS)C(=O)O)cc(OC)c1OC. The molecule has 0 aromatic heterocycles. The maximum atomic E-state index is 12.2. The van der Waals surface area contributed by atoms with E-state index in [1.54, 1.807) is 0 Å². The summed E-state index contributed by atoms with van der Waals surface area (Å²) in [5.41, 5.74) is -0.0677. The number of thiol groups is 1. The average Bonchev–Trinajstić information content (AvgIpc) is 2.56. The summed E-state index contributed by atoms with van der Waals surface area (Å²) in [6, 6.07) is 2.84. The first-order valence-electron chi connectivity index (χ1n) is 6.74. The molecule has 0 saturated heterocycles. The van der Waals surface area contributed by atoms with Gasteiger partial charge in [0.1, 0.15) is 5.71 Å². The number of carboxylic acids is 1.